The van der Waals surface area contributed by atoms with Gasteiger partial charge in [0.05, 0.1) is 11.7 Å². The number of aromatic carboxylic acids is 1. The van der Waals surface area contributed by atoms with Gasteiger partial charge in [0.25, 0.3) is 0 Å². The number of nitrogens with zero attached hydrogens (tertiary/aromatic N) is 4. The molecule has 0 radical (unpaired) electrons. The summed E-state index contributed by atoms with van der Waals surface area (Å²) < 4.78 is 1.76. The molecule has 2 aliphatic heterocycles. The Bertz CT molecular complexity index is 470. The molecule has 0 amide bonds. The fourth-order valence-corrected chi connectivity index (χ4v) is 3.49. The second-order valence-corrected chi connectivity index (χ2v) is 5.81. The summed E-state index contributed by atoms with van der Waals surface area (Å²) in [6.45, 7) is 2.16. The Labute approximate surface area is 106 Å². The van der Waals surface area contributed by atoms with Gasteiger partial charge in [-0.3, -0.25) is 0 Å². The van der Waals surface area contributed by atoms with Crippen LogP contribution in [0.3, 0.4) is 0 Å². The molecule has 2 fully saturated rings. The van der Waals surface area contributed by atoms with Gasteiger partial charge in [0.15, 0.2) is 5.69 Å². The molecule has 0 aliphatic carbocycles. The van der Waals surface area contributed by atoms with Crippen molar-refractivity contribution in [1.82, 2.24) is 19.9 Å². The van der Waals surface area contributed by atoms with E-state index < -0.39 is 5.97 Å². The van der Waals surface area contributed by atoms with Gasteiger partial charge in [-0.1, -0.05) is 5.21 Å². The number of fused-ring (bicyclic) bond motifs is 2. The summed E-state index contributed by atoms with van der Waals surface area (Å²) in [7, 11) is 2.19. The number of hydrogen-bond donors (Lipinski definition) is 1. The summed E-state index contributed by atoms with van der Waals surface area (Å²) in [6, 6.07) is 1.18. The van der Waals surface area contributed by atoms with Crippen molar-refractivity contribution in [3.8, 4) is 0 Å². The number of carbonyl (C=O) groups is 1. The van der Waals surface area contributed by atoms with Crippen molar-refractivity contribution >= 4 is 5.97 Å². The van der Waals surface area contributed by atoms with E-state index >= 15 is 0 Å². The van der Waals surface area contributed by atoms with E-state index in [4.69, 9.17) is 5.11 Å². The highest BCUT2D eigenvalue weighted by Crippen LogP contribution is 2.43. The summed E-state index contributed by atoms with van der Waals surface area (Å²) in [5.41, 5.74) is -0.0681. The van der Waals surface area contributed by atoms with Gasteiger partial charge < -0.3 is 10.0 Å². The molecule has 3 rings (SSSR count). The third-order valence-corrected chi connectivity index (χ3v) is 4.60. The van der Waals surface area contributed by atoms with E-state index in [0.29, 0.717) is 12.1 Å². The first-order valence-electron chi connectivity index (χ1n) is 6.38. The quantitative estimate of drug-likeness (QED) is 0.846. The molecule has 0 saturated carbocycles. The van der Waals surface area contributed by atoms with E-state index in [1.807, 2.05) is 0 Å². The number of hydrogen-bond acceptors (Lipinski definition) is 4. The van der Waals surface area contributed by atoms with Crippen molar-refractivity contribution in [1.29, 1.82) is 0 Å². The predicted octanol–water partition coefficient (Wildman–Crippen LogP) is 0.948. The lowest BCUT2D eigenvalue weighted by Gasteiger charge is -2.43. The average Bonchev–Trinajstić information content (AvgIpc) is 2.87. The van der Waals surface area contributed by atoms with Gasteiger partial charge >= 0.3 is 5.97 Å². The maximum Gasteiger partial charge on any atom is 0.358 e. The Hall–Kier alpha value is -1.43. The van der Waals surface area contributed by atoms with E-state index in [2.05, 4.69) is 29.2 Å². The van der Waals surface area contributed by atoms with E-state index in [1.165, 1.54) is 12.8 Å². The van der Waals surface area contributed by atoms with Gasteiger partial charge in [0.2, 0.25) is 0 Å². The second-order valence-electron chi connectivity index (χ2n) is 5.81. The number of carboxylic acid groups (broad SMARTS) is 1. The number of carboxylic acids is 1. The Morgan fingerprint density at radius 2 is 2.06 bits per heavy atom. The monoisotopic (exact) mass is 250 g/mol. The Kier molecular flexibility index (Phi) is 2.45. The maximum absolute atomic E-state index is 10.9. The van der Waals surface area contributed by atoms with Crippen LogP contribution in [-0.4, -0.2) is 50.1 Å². The molecule has 2 saturated heterocycles. The van der Waals surface area contributed by atoms with E-state index in [-0.39, 0.29) is 11.2 Å². The van der Waals surface area contributed by atoms with Crippen molar-refractivity contribution < 1.29 is 9.90 Å². The Morgan fingerprint density at radius 3 is 2.56 bits per heavy atom. The minimum atomic E-state index is -1.01. The third-order valence-electron chi connectivity index (χ3n) is 4.60. The topological polar surface area (TPSA) is 71.2 Å². The highest BCUT2D eigenvalue weighted by Gasteiger charge is 2.46. The third kappa shape index (κ3) is 1.63. The van der Waals surface area contributed by atoms with Crippen LogP contribution in [0.4, 0.5) is 0 Å². The molecule has 0 aromatic carbocycles. The molecular formula is C12H18N4O2. The van der Waals surface area contributed by atoms with E-state index in [9.17, 15) is 4.79 Å². The molecular weight excluding hydrogens is 232 g/mol. The number of rotatable bonds is 2. The second kappa shape index (κ2) is 3.78. The first-order chi connectivity index (χ1) is 8.49. The zero-order valence-electron chi connectivity index (χ0n) is 10.7. The van der Waals surface area contributed by atoms with Gasteiger partial charge in [-0.2, -0.15) is 0 Å². The normalized spacial score (nSPS) is 35.9. The average molecular weight is 250 g/mol. The lowest BCUT2D eigenvalue weighted by atomic mass is 9.85. The maximum atomic E-state index is 10.9. The van der Waals surface area contributed by atoms with Crippen molar-refractivity contribution in [2.45, 2.75) is 50.2 Å². The molecule has 3 heterocycles. The molecule has 18 heavy (non-hydrogen) atoms. The van der Waals surface area contributed by atoms with Crippen LogP contribution in [0.2, 0.25) is 0 Å². The molecule has 98 valence electrons. The van der Waals surface area contributed by atoms with Crippen LogP contribution >= 0.6 is 0 Å². The zero-order chi connectivity index (χ0) is 12.9. The van der Waals surface area contributed by atoms with Gasteiger partial charge in [-0.25, -0.2) is 9.48 Å². The van der Waals surface area contributed by atoms with Crippen LogP contribution in [0, 0.1) is 0 Å². The molecule has 2 bridgehead atoms. The molecule has 3 atom stereocenters. The van der Waals surface area contributed by atoms with Crippen LogP contribution in [-0.2, 0) is 5.54 Å². The lowest BCUT2D eigenvalue weighted by molar-refractivity contribution is 0.0684. The minimum Gasteiger partial charge on any atom is -0.476 e. The van der Waals surface area contributed by atoms with Crippen LogP contribution in [0.5, 0.6) is 0 Å². The summed E-state index contributed by atoms with van der Waals surface area (Å²) in [5.74, 6) is -1.01. The van der Waals surface area contributed by atoms with Crippen molar-refractivity contribution in [3.63, 3.8) is 0 Å². The number of aromatic nitrogens is 3. The van der Waals surface area contributed by atoms with E-state index in [0.717, 1.165) is 12.8 Å². The highest BCUT2D eigenvalue weighted by atomic mass is 16.4. The summed E-state index contributed by atoms with van der Waals surface area (Å²) in [5, 5.41) is 16.7. The highest BCUT2D eigenvalue weighted by molar-refractivity contribution is 5.84. The van der Waals surface area contributed by atoms with Crippen LogP contribution in [0.1, 0.15) is 43.1 Å². The van der Waals surface area contributed by atoms with Crippen LogP contribution in [0.25, 0.3) is 0 Å². The standard InChI is InChI=1S/C12H18N4O2/c1-12(16-7-10(11(17)18)13-14-16)5-8-3-4-9(6-12)15(8)2/h7-9H,3-6H2,1-2H3,(H,17,18)/t8-,9+,12?. The first kappa shape index (κ1) is 11.6. The summed E-state index contributed by atoms with van der Waals surface area (Å²) in [6.07, 6.45) is 6.06. The smallest absolute Gasteiger partial charge is 0.358 e. The summed E-state index contributed by atoms with van der Waals surface area (Å²) >= 11 is 0. The zero-order valence-corrected chi connectivity index (χ0v) is 10.7. The van der Waals surface area contributed by atoms with E-state index in [1.54, 1.807) is 10.9 Å². The SMILES string of the molecule is CN1[C@@H]2CC[C@H]1CC(C)(n1cc(C(=O)O)nn1)C2. The first-order valence-corrected chi connectivity index (χ1v) is 6.38. The Balaban J connectivity index is 1.89. The van der Waals surface area contributed by atoms with Gasteiger partial charge in [-0.05, 0) is 39.7 Å². The van der Waals surface area contributed by atoms with Crippen molar-refractivity contribution in [2.75, 3.05) is 7.05 Å². The molecule has 1 unspecified atom stereocenters. The summed E-state index contributed by atoms with van der Waals surface area (Å²) in [4.78, 5) is 13.3. The van der Waals surface area contributed by atoms with Crippen molar-refractivity contribution in [3.05, 3.63) is 11.9 Å². The largest absolute Gasteiger partial charge is 0.476 e. The van der Waals surface area contributed by atoms with Gasteiger partial charge in [-0.15, -0.1) is 5.10 Å². The molecule has 6 heteroatoms. The molecule has 1 aromatic heterocycles. The molecule has 1 N–H and O–H groups in total. The Morgan fingerprint density at radius 1 is 1.44 bits per heavy atom. The molecule has 6 nitrogen and oxygen atoms in total. The van der Waals surface area contributed by atoms with Crippen LogP contribution in [0.15, 0.2) is 6.20 Å². The van der Waals surface area contributed by atoms with Crippen molar-refractivity contribution in [2.24, 2.45) is 0 Å². The molecule has 2 aliphatic rings. The predicted molar refractivity (Wildman–Crippen MR) is 64.4 cm³/mol. The van der Waals surface area contributed by atoms with Gasteiger partial charge in [0, 0.05) is 12.1 Å². The fraction of sp³-hybridized carbons (Fsp3) is 0.750. The van der Waals surface area contributed by atoms with Gasteiger partial charge in [0.1, 0.15) is 0 Å². The molecule has 1 aromatic rings. The fourth-order valence-electron chi connectivity index (χ4n) is 3.49. The van der Waals surface area contributed by atoms with Crippen LogP contribution < -0.4 is 0 Å². The molecule has 0 spiro atoms. The lowest BCUT2D eigenvalue weighted by Crippen LogP contribution is -2.49. The minimum absolute atomic E-state index is 0.0301. The number of piperidine rings is 1.